The lowest BCUT2D eigenvalue weighted by Crippen LogP contribution is -2.25. The Morgan fingerprint density at radius 3 is 2.28 bits per heavy atom. The van der Waals surface area contributed by atoms with Crippen LogP contribution in [0.4, 0.5) is 5.00 Å². The van der Waals surface area contributed by atoms with Crippen molar-refractivity contribution in [3.63, 3.8) is 0 Å². The van der Waals surface area contributed by atoms with Gasteiger partial charge in [0, 0.05) is 16.3 Å². The Hall–Kier alpha value is -4.38. The topological polar surface area (TPSA) is 118 Å². The highest BCUT2D eigenvalue weighted by molar-refractivity contribution is 7.16. The van der Waals surface area contributed by atoms with E-state index in [1.54, 1.807) is 42.6 Å². The fourth-order valence-electron chi connectivity index (χ4n) is 3.62. The molecule has 2 heterocycles. The lowest BCUT2D eigenvalue weighted by atomic mass is 10.1. The van der Waals surface area contributed by atoms with Crippen LogP contribution in [0.25, 0.3) is 16.5 Å². The van der Waals surface area contributed by atoms with E-state index >= 15 is 0 Å². The van der Waals surface area contributed by atoms with E-state index in [4.69, 9.17) is 18.9 Å². The molecule has 11 heteroatoms. The van der Waals surface area contributed by atoms with Crippen molar-refractivity contribution in [1.82, 2.24) is 9.78 Å². The van der Waals surface area contributed by atoms with Gasteiger partial charge in [0.1, 0.15) is 5.00 Å². The molecule has 36 heavy (non-hydrogen) atoms. The van der Waals surface area contributed by atoms with Crippen LogP contribution in [0, 0.1) is 0 Å². The molecule has 0 aliphatic rings. The second kappa shape index (κ2) is 10.5. The summed E-state index contributed by atoms with van der Waals surface area (Å²) in [6.45, 7) is 1.82. The number of benzene rings is 2. The predicted molar refractivity (Wildman–Crippen MR) is 135 cm³/mol. The van der Waals surface area contributed by atoms with Gasteiger partial charge in [-0.1, -0.05) is 18.2 Å². The number of hydrogen-bond acceptors (Lipinski definition) is 9. The average Bonchev–Trinajstić information content (AvgIpc) is 3.32. The summed E-state index contributed by atoms with van der Waals surface area (Å²) in [5, 5.41) is 9.33. The number of hydrogen-bond donors (Lipinski definition) is 1. The Balaban J connectivity index is 1.84. The van der Waals surface area contributed by atoms with Crippen LogP contribution in [0.1, 0.15) is 27.8 Å². The molecule has 0 spiro atoms. The van der Waals surface area contributed by atoms with Crippen LogP contribution in [-0.4, -0.2) is 49.6 Å². The van der Waals surface area contributed by atoms with Gasteiger partial charge >= 0.3 is 5.97 Å². The van der Waals surface area contributed by atoms with Gasteiger partial charge in [0.15, 0.2) is 17.2 Å². The van der Waals surface area contributed by atoms with Crippen molar-refractivity contribution in [2.45, 2.75) is 6.92 Å². The number of amides is 1. The van der Waals surface area contributed by atoms with Gasteiger partial charge in [0.2, 0.25) is 5.75 Å². The van der Waals surface area contributed by atoms with E-state index in [1.807, 2.05) is 0 Å². The van der Waals surface area contributed by atoms with Crippen molar-refractivity contribution in [1.29, 1.82) is 0 Å². The van der Waals surface area contributed by atoms with Gasteiger partial charge in [-0.2, -0.15) is 9.78 Å². The second-order valence-electron chi connectivity index (χ2n) is 7.34. The monoisotopic (exact) mass is 509 g/mol. The number of carbonyl (C=O) groups is 2. The van der Waals surface area contributed by atoms with E-state index in [0.717, 1.165) is 16.0 Å². The fourth-order valence-corrected chi connectivity index (χ4v) is 4.56. The molecule has 0 aliphatic heterocycles. The largest absolute Gasteiger partial charge is 0.493 e. The highest BCUT2D eigenvalue weighted by Crippen LogP contribution is 2.39. The van der Waals surface area contributed by atoms with Gasteiger partial charge in [-0.05, 0) is 31.2 Å². The number of aromatic nitrogens is 2. The average molecular weight is 510 g/mol. The van der Waals surface area contributed by atoms with Crippen LogP contribution in [0.5, 0.6) is 17.2 Å². The Morgan fingerprint density at radius 2 is 1.69 bits per heavy atom. The van der Waals surface area contributed by atoms with E-state index in [2.05, 4.69) is 10.4 Å². The summed E-state index contributed by atoms with van der Waals surface area (Å²) >= 11 is 1.10. The van der Waals surface area contributed by atoms with Crippen molar-refractivity contribution < 1.29 is 28.5 Å². The maximum absolute atomic E-state index is 13.5. The maximum atomic E-state index is 13.5. The highest BCUT2D eigenvalue weighted by atomic mass is 32.1. The number of esters is 1. The van der Waals surface area contributed by atoms with Gasteiger partial charge in [-0.15, -0.1) is 11.3 Å². The van der Waals surface area contributed by atoms with Gasteiger partial charge in [0.25, 0.3) is 11.5 Å². The number of carbonyl (C=O) groups excluding carboxylic acids is 2. The molecular weight excluding hydrogens is 486 g/mol. The summed E-state index contributed by atoms with van der Waals surface area (Å²) < 4.78 is 22.2. The molecule has 4 aromatic rings. The third kappa shape index (κ3) is 4.48. The third-order valence-electron chi connectivity index (χ3n) is 5.28. The van der Waals surface area contributed by atoms with E-state index in [-0.39, 0.29) is 33.6 Å². The predicted octanol–water partition coefficient (Wildman–Crippen LogP) is 3.90. The highest BCUT2D eigenvalue weighted by Gasteiger charge is 2.24. The minimum absolute atomic E-state index is 0.0279. The number of methoxy groups -OCH3 is 3. The maximum Gasteiger partial charge on any atom is 0.359 e. The normalized spacial score (nSPS) is 10.7. The Labute approximate surface area is 210 Å². The molecule has 0 bridgehead atoms. The van der Waals surface area contributed by atoms with Crippen LogP contribution in [0.3, 0.4) is 0 Å². The van der Waals surface area contributed by atoms with Crippen molar-refractivity contribution in [2.24, 2.45) is 0 Å². The third-order valence-corrected chi connectivity index (χ3v) is 6.17. The molecule has 2 aromatic heterocycles. The Kier molecular flexibility index (Phi) is 7.20. The van der Waals surface area contributed by atoms with Gasteiger partial charge in [-0.25, -0.2) is 4.79 Å². The lowest BCUT2D eigenvalue weighted by molar-refractivity contribution is 0.0520. The van der Waals surface area contributed by atoms with Crippen molar-refractivity contribution in [2.75, 3.05) is 33.3 Å². The Bertz CT molecular complexity index is 1470. The number of thiophene rings is 1. The first kappa shape index (κ1) is 24.7. The molecule has 0 saturated carbocycles. The van der Waals surface area contributed by atoms with Gasteiger partial charge in [-0.3, -0.25) is 9.59 Å². The summed E-state index contributed by atoms with van der Waals surface area (Å²) in [7, 11) is 4.36. The molecule has 0 saturated heterocycles. The molecule has 1 N–H and O–H groups in total. The van der Waals surface area contributed by atoms with Crippen LogP contribution in [-0.2, 0) is 4.74 Å². The molecule has 0 atom stereocenters. The molecule has 0 aliphatic carbocycles. The zero-order valence-corrected chi connectivity index (χ0v) is 20.8. The van der Waals surface area contributed by atoms with E-state index in [0.29, 0.717) is 22.9 Å². The summed E-state index contributed by atoms with van der Waals surface area (Å²) in [5.41, 5.74) is 0.155. The molecule has 10 nitrogen and oxygen atoms in total. The standard InChI is InChI=1S/C25H23N3O7S/c1-5-35-25(31)20-16-13-36-23(19(16)24(30)28(27-20)15-9-7-6-8-10-15)26-22(29)14-11-17(32-2)21(34-4)18(12-14)33-3/h6-13H,5H2,1-4H3,(H,26,29). The smallest absolute Gasteiger partial charge is 0.359 e. The van der Waals surface area contributed by atoms with Crippen molar-refractivity contribution in [3.8, 4) is 22.9 Å². The first-order valence-corrected chi connectivity index (χ1v) is 11.7. The fraction of sp³-hybridized carbons (Fsp3) is 0.200. The summed E-state index contributed by atoms with van der Waals surface area (Å²) in [5.74, 6) is -0.240. The van der Waals surface area contributed by atoms with Crippen LogP contribution in [0.2, 0.25) is 0 Å². The zero-order valence-electron chi connectivity index (χ0n) is 20.0. The minimum Gasteiger partial charge on any atom is -0.493 e. The number of ether oxygens (including phenoxy) is 4. The molecule has 2 aromatic carbocycles. The SMILES string of the molecule is CCOC(=O)c1nn(-c2ccccc2)c(=O)c2c(NC(=O)c3cc(OC)c(OC)c(OC)c3)scc12. The van der Waals surface area contributed by atoms with E-state index in [1.165, 1.54) is 33.5 Å². The van der Waals surface area contributed by atoms with Crippen LogP contribution in [0.15, 0.2) is 52.6 Å². The summed E-state index contributed by atoms with van der Waals surface area (Å²) in [4.78, 5) is 39.4. The molecule has 1 amide bonds. The lowest BCUT2D eigenvalue weighted by Gasteiger charge is -2.14. The van der Waals surface area contributed by atoms with E-state index < -0.39 is 17.4 Å². The number of nitrogens with one attached hydrogen (secondary N) is 1. The molecular formula is C25H23N3O7S. The van der Waals surface area contributed by atoms with Gasteiger partial charge in [0.05, 0.1) is 39.0 Å². The quantitative estimate of drug-likeness (QED) is 0.355. The van der Waals surface area contributed by atoms with E-state index in [9.17, 15) is 14.4 Å². The molecule has 0 fully saturated rings. The minimum atomic E-state index is -0.674. The molecule has 0 radical (unpaired) electrons. The Morgan fingerprint density at radius 1 is 1.03 bits per heavy atom. The summed E-state index contributed by atoms with van der Waals surface area (Å²) in [6, 6.07) is 11.7. The molecule has 4 rings (SSSR count). The first-order valence-electron chi connectivity index (χ1n) is 10.8. The van der Waals surface area contributed by atoms with Gasteiger partial charge < -0.3 is 24.3 Å². The van der Waals surface area contributed by atoms with Crippen molar-refractivity contribution >= 4 is 39.0 Å². The number of nitrogens with zero attached hydrogens (tertiary/aromatic N) is 2. The molecule has 186 valence electrons. The van der Waals surface area contributed by atoms with Crippen LogP contribution >= 0.6 is 11.3 Å². The number of rotatable bonds is 8. The number of fused-ring (bicyclic) bond motifs is 1. The number of para-hydroxylation sites is 1. The zero-order chi connectivity index (χ0) is 25.8. The second-order valence-corrected chi connectivity index (χ2v) is 8.22. The molecule has 0 unspecified atom stereocenters. The van der Waals surface area contributed by atoms with Crippen molar-refractivity contribution in [3.05, 3.63) is 69.5 Å². The number of anilines is 1. The van der Waals surface area contributed by atoms with Crippen LogP contribution < -0.4 is 25.1 Å². The first-order chi connectivity index (χ1) is 17.4. The summed E-state index contributed by atoms with van der Waals surface area (Å²) in [6.07, 6.45) is 0.